The first kappa shape index (κ1) is 11.4. The monoisotopic (exact) mass is 222 g/mol. The minimum atomic E-state index is -0.558. The Morgan fingerprint density at radius 2 is 2.19 bits per heavy atom. The molecular formula is C13H18O3. The van der Waals surface area contributed by atoms with Crippen molar-refractivity contribution in [2.24, 2.45) is 0 Å². The highest BCUT2D eigenvalue weighted by molar-refractivity contribution is 5.38. The first-order valence-electron chi connectivity index (χ1n) is 5.65. The van der Waals surface area contributed by atoms with Crippen LogP contribution in [0.2, 0.25) is 0 Å². The second-order valence-electron chi connectivity index (χ2n) is 4.58. The molecule has 0 saturated carbocycles. The Labute approximate surface area is 96.0 Å². The molecule has 1 aliphatic heterocycles. The maximum Gasteiger partial charge on any atom is 0.205 e. The molecule has 1 unspecified atom stereocenters. The third kappa shape index (κ3) is 2.20. The summed E-state index contributed by atoms with van der Waals surface area (Å²) in [6.45, 7) is 6.28. The average molecular weight is 222 g/mol. The molecule has 0 fully saturated rings. The number of fused-ring (bicyclic) bond motifs is 1. The van der Waals surface area contributed by atoms with Gasteiger partial charge in [-0.25, -0.2) is 0 Å². The van der Waals surface area contributed by atoms with E-state index in [4.69, 9.17) is 9.47 Å². The van der Waals surface area contributed by atoms with Gasteiger partial charge < -0.3 is 14.6 Å². The number of benzene rings is 1. The molecule has 1 heterocycles. The smallest absolute Gasteiger partial charge is 0.205 e. The van der Waals surface area contributed by atoms with Gasteiger partial charge >= 0.3 is 0 Å². The summed E-state index contributed by atoms with van der Waals surface area (Å²) in [6, 6.07) is 5.78. The van der Waals surface area contributed by atoms with Gasteiger partial charge in [0.1, 0.15) is 5.75 Å². The Hall–Kier alpha value is -1.06. The van der Waals surface area contributed by atoms with E-state index in [0.717, 1.165) is 16.9 Å². The lowest BCUT2D eigenvalue weighted by molar-refractivity contribution is -0.180. The van der Waals surface area contributed by atoms with Crippen LogP contribution in [0, 0.1) is 0 Å². The standard InChI is InChI=1S/C13H18O3/c1-4-11(14)9-5-6-12-10(7-9)8-15-13(2,3)16-12/h5-7,11,14H,4,8H2,1-3H3. The van der Waals surface area contributed by atoms with Crippen LogP contribution in [0.5, 0.6) is 5.75 Å². The highest BCUT2D eigenvalue weighted by Crippen LogP contribution is 2.33. The number of aliphatic hydroxyl groups excluding tert-OH is 1. The van der Waals surface area contributed by atoms with Crippen LogP contribution in [-0.4, -0.2) is 10.9 Å². The second kappa shape index (κ2) is 4.07. The van der Waals surface area contributed by atoms with Crippen molar-refractivity contribution in [2.75, 3.05) is 0 Å². The minimum Gasteiger partial charge on any atom is -0.463 e. The number of aliphatic hydroxyl groups is 1. The Morgan fingerprint density at radius 1 is 1.44 bits per heavy atom. The molecule has 3 nitrogen and oxygen atoms in total. The molecular weight excluding hydrogens is 204 g/mol. The van der Waals surface area contributed by atoms with Crippen LogP contribution in [0.15, 0.2) is 18.2 Å². The topological polar surface area (TPSA) is 38.7 Å². The third-order valence-corrected chi connectivity index (χ3v) is 2.79. The largest absolute Gasteiger partial charge is 0.463 e. The molecule has 3 heteroatoms. The van der Waals surface area contributed by atoms with E-state index in [1.54, 1.807) is 0 Å². The SMILES string of the molecule is CCC(O)c1ccc2c(c1)COC(C)(C)O2. The first-order chi connectivity index (χ1) is 7.52. The average Bonchev–Trinajstić information content (AvgIpc) is 2.26. The van der Waals surface area contributed by atoms with Crippen LogP contribution in [-0.2, 0) is 11.3 Å². The van der Waals surface area contributed by atoms with Crippen molar-refractivity contribution < 1.29 is 14.6 Å². The third-order valence-electron chi connectivity index (χ3n) is 2.79. The second-order valence-corrected chi connectivity index (χ2v) is 4.58. The van der Waals surface area contributed by atoms with Crippen LogP contribution < -0.4 is 4.74 Å². The van der Waals surface area contributed by atoms with Crippen molar-refractivity contribution in [1.82, 2.24) is 0 Å². The van der Waals surface area contributed by atoms with Gasteiger partial charge in [0.2, 0.25) is 5.79 Å². The molecule has 1 aliphatic rings. The van der Waals surface area contributed by atoms with E-state index < -0.39 is 11.9 Å². The summed E-state index contributed by atoms with van der Waals surface area (Å²) in [4.78, 5) is 0. The molecule has 0 bridgehead atoms. The molecule has 16 heavy (non-hydrogen) atoms. The van der Waals surface area contributed by atoms with Crippen molar-refractivity contribution in [3.05, 3.63) is 29.3 Å². The van der Waals surface area contributed by atoms with Crippen molar-refractivity contribution in [2.45, 2.75) is 45.7 Å². The van der Waals surface area contributed by atoms with Crippen molar-refractivity contribution in [3.63, 3.8) is 0 Å². The zero-order valence-corrected chi connectivity index (χ0v) is 9.99. The molecule has 0 radical (unpaired) electrons. The molecule has 1 atom stereocenters. The van der Waals surface area contributed by atoms with Crippen molar-refractivity contribution in [1.29, 1.82) is 0 Å². The van der Waals surface area contributed by atoms with E-state index in [1.165, 1.54) is 0 Å². The van der Waals surface area contributed by atoms with Gasteiger partial charge in [0.05, 0.1) is 12.7 Å². The zero-order chi connectivity index (χ0) is 11.8. The Kier molecular flexibility index (Phi) is 2.91. The van der Waals surface area contributed by atoms with Gasteiger partial charge in [-0.15, -0.1) is 0 Å². The van der Waals surface area contributed by atoms with Crippen LogP contribution in [0.4, 0.5) is 0 Å². The lowest BCUT2D eigenvalue weighted by Crippen LogP contribution is -2.35. The Balaban J connectivity index is 2.28. The van der Waals surface area contributed by atoms with E-state index in [0.29, 0.717) is 13.0 Å². The van der Waals surface area contributed by atoms with E-state index in [-0.39, 0.29) is 0 Å². The maximum absolute atomic E-state index is 9.75. The summed E-state index contributed by atoms with van der Waals surface area (Å²) in [7, 11) is 0. The summed E-state index contributed by atoms with van der Waals surface area (Å²) < 4.78 is 11.2. The summed E-state index contributed by atoms with van der Waals surface area (Å²) in [5, 5.41) is 9.75. The number of rotatable bonds is 2. The van der Waals surface area contributed by atoms with Crippen molar-refractivity contribution in [3.8, 4) is 5.75 Å². The first-order valence-corrected chi connectivity index (χ1v) is 5.65. The number of ether oxygens (including phenoxy) is 2. The van der Waals surface area contributed by atoms with Crippen LogP contribution in [0.25, 0.3) is 0 Å². The highest BCUT2D eigenvalue weighted by Gasteiger charge is 2.27. The number of hydrogen-bond donors (Lipinski definition) is 1. The quantitative estimate of drug-likeness (QED) is 0.836. The fourth-order valence-electron chi connectivity index (χ4n) is 1.80. The molecule has 88 valence electrons. The van der Waals surface area contributed by atoms with Crippen molar-refractivity contribution >= 4 is 0 Å². The summed E-state index contributed by atoms with van der Waals surface area (Å²) in [6.07, 6.45) is 0.312. The van der Waals surface area contributed by atoms with E-state index in [1.807, 2.05) is 39.0 Å². The predicted octanol–water partition coefficient (Wildman–Crippen LogP) is 2.78. The van der Waals surface area contributed by atoms with Crippen LogP contribution >= 0.6 is 0 Å². The van der Waals surface area contributed by atoms with Gasteiger partial charge in [-0.3, -0.25) is 0 Å². The molecule has 0 spiro atoms. The highest BCUT2D eigenvalue weighted by atomic mass is 16.7. The molecule has 0 aliphatic carbocycles. The lowest BCUT2D eigenvalue weighted by atomic mass is 10.0. The maximum atomic E-state index is 9.75. The normalized spacial score (nSPS) is 19.8. The van der Waals surface area contributed by atoms with Gasteiger partial charge in [0.25, 0.3) is 0 Å². The molecule has 1 N–H and O–H groups in total. The molecule has 0 aromatic heterocycles. The van der Waals surface area contributed by atoms with Gasteiger partial charge in [-0.2, -0.15) is 0 Å². The van der Waals surface area contributed by atoms with Gasteiger partial charge in [-0.05, 0) is 24.1 Å². The van der Waals surface area contributed by atoms with Crippen LogP contribution in [0.3, 0.4) is 0 Å². The zero-order valence-electron chi connectivity index (χ0n) is 9.99. The summed E-state index contributed by atoms with van der Waals surface area (Å²) in [5.41, 5.74) is 1.93. The predicted molar refractivity (Wildman–Crippen MR) is 61.2 cm³/mol. The van der Waals surface area contributed by atoms with E-state index in [9.17, 15) is 5.11 Å². The molecule has 1 aromatic rings. The van der Waals surface area contributed by atoms with Gasteiger partial charge in [0, 0.05) is 19.4 Å². The van der Waals surface area contributed by atoms with Gasteiger partial charge in [-0.1, -0.05) is 13.0 Å². The number of hydrogen-bond acceptors (Lipinski definition) is 3. The minimum absolute atomic E-state index is 0.403. The Bertz CT molecular complexity index is 385. The summed E-state index contributed by atoms with van der Waals surface area (Å²) in [5.74, 6) is 0.293. The fraction of sp³-hybridized carbons (Fsp3) is 0.538. The van der Waals surface area contributed by atoms with Gasteiger partial charge in [0.15, 0.2) is 0 Å². The van der Waals surface area contributed by atoms with E-state index >= 15 is 0 Å². The Morgan fingerprint density at radius 3 is 2.88 bits per heavy atom. The molecule has 0 amide bonds. The molecule has 1 aromatic carbocycles. The molecule has 0 saturated heterocycles. The fourth-order valence-corrected chi connectivity index (χ4v) is 1.80. The lowest BCUT2D eigenvalue weighted by Gasteiger charge is -2.32. The molecule has 2 rings (SSSR count). The summed E-state index contributed by atoms with van der Waals surface area (Å²) >= 11 is 0. The van der Waals surface area contributed by atoms with Crippen LogP contribution in [0.1, 0.15) is 44.4 Å². The van der Waals surface area contributed by atoms with E-state index in [2.05, 4.69) is 0 Å².